The lowest BCUT2D eigenvalue weighted by Crippen LogP contribution is -2.44. The Morgan fingerprint density at radius 1 is 1.00 bits per heavy atom. The number of hydrogen-bond donors (Lipinski definition) is 1. The molecule has 28 heavy (non-hydrogen) atoms. The average molecular weight is 397 g/mol. The first kappa shape index (κ1) is 18.7. The highest BCUT2D eigenvalue weighted by atomic mass is 32.2. The van der Waals surface area contributed by atoms with Gasteiger partial charge in [-0.3, -0.25) is 14.9 Å². The summed E-state index contributed by atoms with van der Waals surface area (Å²) in [5, 5.41) is 1.83. The highest BCUT2D eigenvalue weighted by Crippen LogP contribution is 2.39. The van der Waals surface area contributed by atoms with E-state index in [0.29, 0.717) is 19.5 Å². The van der Waals surface area contributed by atoms with E-state index in [1.165, 1.54) is 11.9 Å². The van der Waals surface area contributed by atoms with Crippen molar-refractivity contribution in [2.75, 3.05) is 6.54 Å². The van der Waals surface area contributed by atoms with E-state index >= 15 is 0 Å². The number of likely N-dealkylation sites (tertiary alicyclic amines) is 1. The van der Waals surface area contributed by atoms with E-state index in [-0.39, 0.29) is 28.0 Å². The topological polar surface area (TPSA) is 72.5 Å². The van der Waals surface area contributed by atoms with Crippen LogP contribution >= 0.6 is 11.9 Å². The zero-order valence-electron chi connectivity index (χ0n) is 15.3. The van der Waals surface area contributed by atoms with Gasteiger partial charge in [0.2, 0.25) is 11.8 Å². The number of carbonyl (C=O) groups excluding carboxylic acids is 3. The minimum atomic E-state index is -0.504. The van der Waals surface area contributed by atoms with Gasteiger partial charge in [0.05, 0.1) is 31.3 Å². The number of nitrogens with one attached hydrogen (secondary N) is 1. The Bertz CT molecular complexity index is 900. The molecule has 2 heterocycles. The Hall–Kier alpha value is -2.64. The molecule has 4 rings (SSSR count). The predicted octanol–water partition coefficient (Wildman–Crippen LogP) is 3.18. The van der Waals surface area contributed by atoms with Crippen LogP contribution in [0.3, 0.4) is 0 Å². The number of quaternary nitrogens is 1. The van der Waals surface area contributed by atoms with Gasteiger partial charge in [-0.15, -0.1) is 0 Å². The van der Waals surface area contributed by atoms with Crippen molar-refractivity contribution in [1.29, 1.82) is 0 Å². The molecule has 0 aromatic heterocycles. The maximum absolute atomic E-state index is 12.7. The van der Waals surface area contributed by atoms with Crippen molar-refractivity contribution in [3.8, 4) is 11.5 Å². The quantitative estimate of drug-likeness (QED) is 0.460. The summed E-state index contributed by atoms with van der Waals surface area (Å²) in [7, 11) is 0. The lowest BCUT2D eigenvalue weighted by molar-refractivity contribution is -0.721. The molecule has 3 amide bonds. The molecule has 0 saturated carbocycles. The van der Waals surface area contributed by atoms with Crippen molar-refractivity contribution >= 4 is 29.7 Å². The Kier molecular flexibility index (Phi) is 5.19. The van der Waals surface area contributed by atoms with Crippen LogP contribution in [0, 0.1) is 0 Å². The van der Waals surface area contributed by atoms with Crippen LogP contribution < -0.4 is 10.1 Å². The van der Waals surface area contributed by atoms with Gasteiger partial charge in [-0.2, -0.15) is 3.89 Å². The van der Waals surface area contributed by atoms with Crippen molar-refractivity contribution in [1.82, 2.24) is 5.32 Å². The van der Waals surface area contributed by atoms with Crippen LogP contribution in [0.2, 0.25) is 0 Å². The summed E-state index contributed by atoms with van der Waals surface area (Å²) in [4.78, 5) is 36.2. The highest BCUT2D eigenvalue weighted by Gasteiger charge is 2.48. The van der Waals surface area contributed by atoms with Crippen LogP contribution in [-0.4, -0.2) is 33.4 Å². The second-order valence-corrected chi connectivity index (χ2v) is 8.52. The van der Waals surface area contributed by atoms with Crippen molar-refractivity contribution in [2.24, 2.45) is 0 Å². The second kappa shape index (κ2) is 7.77. The lowest BCUT2D eigenvalue weighted by atomic mass is 10.2. The van der Waals surface area contributed by atoms with E-state index in [1.54, 1.807) is 0 Å². The molecule has 0 radical (unpaired) electrons. The Morgan fingerprint density at radius 3 is 2.32 bits per heavy atom. The third-order valence-electron chi connectivity index (χ3n) is 4.96. The number of amides is 3. The normalized spacial score (nSPS) is 24.4. The summed E-state index contributed by atoms with van der Waals surface area (Å²) in [6, 6.07) is 17.2. The van der Waals surface area contributed by atoms with Crippen LogP contribution in [0.5, 0.6) is 11.5 Å². The summed E-state index contributed by atoms with van der Waals surface area (Å²) in [6.07, 6.45) is 1.44. The molecule has 0 spiro atoms. The number of ether oxygens (including phenoxy) is 1. The van der Waals surface area contributed by atoms with Crippen molar-refractivity contribution < 1.29 is 23.0 Å². The molecule has 2 aliphatic heterocycles. The van der Waals surface area contributed by atoms with Gasteiger partial charge in [0.15, 0.2) is 0 Å². The fourth-order valence-corrected chi connectivity index (χ4v) is 5.11. The maximum Gasteiger partial charge on any atom is 0.325 e. The molecular formula is C21H21N2O4S+. The van der Waals surface area contributed by atoms with E-state index in [4.69, 9.17) is 4.74 Å². The molecule has 2 saturated heterocycles. The molecule has 0 bridgehead atoms. The summed E-state index contributed by atoms with van der Waals surface area (Å²) in [5.74, 6) is 1.04. The fourth-order valence-electron chi connectivity index (χ4n) is 3.57. The van der Waals surface area contributed by atoms with Crippen LogP contribution in [0.15, 0.2) is 54.6 Å². The highest BCUT2D eigenvalue weighted by molar-refractivity contribution is 7.95. The summed E-state index contributed by atoms with van der Waals surface area (Å²) >= 11 is 1.31. The first-order valence-electron chi connectivity index (χ1n) is 9.28. The molecule has 2 atom stereocenters. The molecule has 2 fully saturated rings. The Morgan fingerprint density at radius 2 is 1.71 bits per heavy atom. The zero-order chi connectivity index (χ0) is 19.6. The number of carbonyl (C=O) groups is 3. The van der Waals surface area contributed by atoms with Gasteiger partial charge in [0.25, 0.3) is 0 Å². The van der Waals surface area contributed by atoms with Crippen LogP contribution in [0.4, 0.5) is 0 Å². The van der Waals surface area contributed by atoms with E-state index in [1.807, 2.05) is 54.6 Å². The molecule has 2 aromatic carbocycles. The van der Waals surface area contributed by atoms with E-state index in [0.717, 1.165) is 23.5 Å². The Balaban J connectivity index is 1.49. The number of imide groups is 1. The summed E-state index contributed by atoms with van der Waals surface area (Å²) in [5.41, 5.74) is 0.993. The molecule has 144 valence electrons. The van der Waals surface area contributed by atoms with E-state index in [2.05, 4.69) is 5.32 Å². The average Bonchev–Trinajstić information content (AvgIpc) is 3.19. The van der Waals surface area contributed by atoms with Gasteiger partial charge in [-0.25, -0.2) is 4.79 Å². The van der Waals surface area contributed by atoms with Gasteiger partial charge in [0, 0.05) is 12.0 Å². The van der Waals surface area contributed by atoms with Gasteiger partial charge < -0.3 is 4.74 Å². The molecule has 2 aromatic rings. The first-order chi connectivity index (χ1) is 13.5. The number of rotatable bonds is 6. The third kappa shape index (κ3) is 3.95. The van der Waals surface area contributed by atoms with Gasteiger partial charge in [0.1, 0.15) is 23.3 Å². The standard InChI is InChI=1S/C21H20N2O4S/c24-19-13-18(21(26)22-19)28-23(12-4-7-20(23)25)14-15-8-10-17(11-9-15)27-16-5-2-1-3-6-16/h1-3,5-6,8-11,18H,4,7,12-14H2/p+1. The predicted molar refractivity (Wildman–Crippen MR) is 105 cm³/mol. The largest absolute Gasteiger partial charge is 0.457 e. The van der Waals surface area contributed by atoms with Gasteiger partial charge >= 0.3 is 5.91 Å². The Labute approximate surface area is 167 Å². The number of nitrogens with zero attached hydrogens (tertiary/aromatic N) is 1. The minimum Gasteiger partial charge on any atom is -0.457 e. The monoisotopic (exact) mass is 397 g/mol. The molecule has 0 aliphatic carbocycles. The van der Waals surface area contributed by atoms with Crippen molar-refractivity contribution in [2.45, 2.75) is 31.1 Å². The smallest absolute Gasteiger partial charge is 0.325 e. The van der Waals surface area contributed by atoms with Gasteiger partial charge in [-0.05, 0) is 36.4 Å². The lowest BCUT2D eigenvalue weighted by Gasteiger charge is -2.30. The third-order valence-corrected chi connectivity index (χ3v) is 6.51. The van der Waals surface area contributed by atoms with E-state index < -0.39 is 5.25 Å². The molecule has 6 nitrogen and oxygen atoms in total. The number of hydrogen-bond acceptors (Lipinski definition) is 5. The molecule has 2 unspecified atom stereocenters. The van der Waals surface area contributed by atoms with Crippen molar-refractivity contribution in [3.63, 3.8) is 0 Å². The molecule has 7 heteroatoms. The zero-order valence-corrected chi connectivity index (χ0v) is 16.1. The van der Waals surface area contributed by atoms with E-state index in [9.17, 15) is 14.4 Å². The van der Waals surface area contributed by atoms with Crippen molar-refractivity contribution in [3.05, 3.63) is 60.2 Å². The second-order valence-electron chi connectivity index (χ2n) is 7.04. The van der Waals surface area contributed by atoms with Crippen LogP contribution in [0.1, 0.15) is 24.8 Å². The maximum atomic E-state index is 12.7. The number of para-hydroxylation sites is 1. The van der Waals surface area contributed by atoms with Gasteiger partial charge in [-0.1, -0.05) is 18.2 Å². The number of benzene rings is 2. The summed E-state index contributed by atoms with van der Waals surface area (Å²) in [6.45, 7) is 1.16. The minimum absolute atomic E-state index is 0.113. The van der Waals surface area contributed by atoms with Crippen LogP contribution in [-0.2, 0) is 20.9 Å². The van der Waals surface area contributed by atoms with Crippen LogP contribution in [0.25, 0.3) is 0 Å². The molecule has 1 N–H and O–H groups in total. The molecular weight excluding hydrogens is 376 g/mol. The SMILES string of the molecule is O=C1CC(S[N+]2(Cc3ccc(Oc4ccccc4)cc3)CCCC2=O)C(=O)N1. The first-order valence-corrected chi connectivity index (χ1v) is 10.1. The fraction of sp³-hybridized carbons (Fsp3) is 0.286. The summed E-state index contributed by atoms with van der Waals surface area (Å²) < 4.78 is 5.97. The molecule has 2 aliphatic rings.